The van der Waals surface area contributed by atoms with Crippen LogP contribution < -0.4 is 0 Å². The van der Waals surface area contributed by atoms with E-state index < -0.39 is 0 Å². The fourth-order valence-corrected chi connectivity index (χ4v) is 2.05. The number of halogens is 1. The topological polar surface area (TPSA) is 26.3 Å². The normalized spacial score (nSPS) is 10.5. The zero-order valence-corrected chi connectivity index (χ0v) is 11.9. The summed E-state index contributed by atoms with van der Waals surface area (Å²) in [5, 5.41) is 0. The maximum Gasteiger partial charge on any atom is 0.324 e. The minimum absolute atomic E-state index is 0.303. The van der Waals surface area contributed by atoms with Crippen LogP contribution in [0.3, 0.4) is 0 Å². The molecule has 102 valence electrons. The van der Waals surface area contributed by atoms with Crippen molar-refractivity contribution in [1.82, 2.24) is 0 Å². The zero-order valence-electron chi connectivity index (χ0n) is 11.2. The van der Waals surface area contributed by atoms with E-state index in [1.165, 1.54) is 57.8 Å². The van der Waals surface area contributed by atoms with Gasteiger partial charge in [-0.25, -0.2) is 0 Å². The van der Waals surface area contributed by atoms with Crippen molar-refractivity contribution in [3.05, 3.63) is 0 Å². The molecule has 3 heteroatoms. The number of hydrogen-bond donors (Lipinski definition) is 0. The summed E-state index contributed by atoms with van der Waals surface area (Å²) in [6, 6.07) is 0. The summed E-state index contributed by atoms with van der Waals surface area (Å²) in [7, 11) is 0. The van der Waals surface area contributed by atoms with Crippen LogP contribution in [0.1, 0.15) is 84.0 Å². The molecule has 0 aliphatic carbocycles. The lowest BCUT2D eigenvalue weighted by Crippen LogP contribution is -1.95. The standard InChI is InChI=1S/C14H27ClO2/c1-2-3-4-5-6-7-8-9-10-11-12-13-14(16)17-15/h2-13H2,1H3. The van der Waals surface area contributed by atoms with Crippen LogP contribution >= 0.6 is 11.9 Å². The maximum absolute atomic E-state index is 10.7. The second kappa shape index (κ2) is 13.8. The molecule has 0 heterocycles. The number of hydrogen-bond acceptors (Lipinski definition) is 2. The van der Waals surface area contributed by atoms with Crippen LogP contribution in [0.5, 0.6) is 0 Å². The Morgan fingerprint density at radius 1 is 0.824 bits per heavy atom. The van der Waals surface area contributed by atoms with Gasteiger partial charge in [-0.3, -0.25) is 4.79 Å². The lowest BCUT2D eigenvalue weighted by Gasteiger charge is -2.01. The number of carbonyl (C=O) groups excluding carboxylic acids is 1. The van der Waals surface area contributed by atoms with Gasteiger partial charge in [0, 0.05) is 6.42 Å². The van der Waals surface area contributed by atoms with Gasteiger partial charge in [-0.15, -0.1) is 0 Å². The van der Waals surface area contributed by atoms with Gasteiger partial charge >= 0.3 is 5.97 Å². The van der Waals surface area contributed by atoms with Gasteiger partial charge in [-0.1, -0.05) is 71.1 Å². The quantitative estimate of drug-likeness (QED) is 0.441. The van der Waals surface area contributed by atoms with Crippen LogP contribution in [0.4, 0.5) is 0 Å². The molecule has 0 spiro atoms. The summed E-state index contributed by atoms with van der Waals surface area (Å²) in [6.45, 7) is 2.25. The minimum atomic E-state index is -0.303. The monoisotopic (exact) mass is 262 g/mol. The molecule has 0 N–H and O–H groups in total. The smallest absolute Gasteiger partial charge is 0.324 e. The molecule has 0 saturated carbocycles. The van der Waals surface area contributed by atoms with Gasteiger partial charge < -0.3 is 4.29 Å². The minimum Gasteiger partial charge on any atom is -0.348 e. The summed E-state index contributed by atoms with van der Waals surface area (Å²) < 4.78 is 4.08. The number of carbonyl (C=O) groups is 1. The highest BCUT2D eigenvalue weighted by Gasteiger charge is 2.00. The summed E-state index contributed by atoms with van der Waals surface area (Å²) in [5.74, 6) is -0.303. The van der Waals surface area contributed by atoms with E-state index in [4.69, 9.17) is 11.9 Å². The van der Waals surface area contributed by atoms with Gasteiger partial charge in [0.05, 0.1) is 0 Å². The molecule has 0 radical (unpaired) electrons. The van der Waals surface area contributed by atoms with Gasteiger partial charge in [0.15, 0.2) is 0 Å². The molecule has 0 aliphatic rings. The molecule has 0 unspecified atom stereocenters. The first-order chi connectivity index (χ1) is 8.31. The van der Waals surface area contributed by atoms with Crippen molar-refractivity contribution in [3.8, 4) is 0 Å². The molecule has 0 aromatic carbocycles. The highest BCUT2D eigenvalue weighted by atomic mass is 35.5. The largest absolute Gasteiger partial charge is 0.348 e. The Hall–Kier alpha value is -0.240. The first-order valence-corrected chi connectivity index (χ1v) is 7.43. The molecule has 17 heavy (non-hydrogen) atoms. The second-order valence-electron chi connectivity index (χ2n) is 4.73. The van der Waals surface area contributed by atoms with Crippen molar-refractivity contribution in [2.45, 2.75) is 84.0 Å². The van der Waals surface area contributed by atoms with Crippen LogP contribution in [0.25, 0.3) is 0 Å². The molecule has 0 aromatic rings. The fourth-order valence-electron chi connectivity index (χ4n) is 1.97. The van der Waals surface area contributed by atoms with Crippen LogP contribution in [-0.2, 0) is 9.08 Å². The predicted octanol–water partition coefficient (Wildman–Crippen LogP) is 5.38. The van der Waals surface area contributed by atoms with E-state index in [0.717, 1.165) is 12.8 Å². The Labute approximate surface area is 111 Å². The number of unbranched alkanes of at least 4 members (excludes halogenated alkanes) is 10. The molecule has 0 saturated heterocycles. The lowest BCUT2D eigenvalue weighted by atomic mass is 10.1. The third kappa shape index (κ3) is 13.7. The zero-order chi connectivity index (χ0) is 12.8. The molecule has 0 fully saturated rings. The Kier molecular flexibility index (Phi) is 13.6. The lowest BCUT2D eigenvalue weighted by molar-refractivity contribution is -0.134. The van der Waals surface area contributed by atoms with Gasteiger partial charge in [0.1, 0.15) is 11.9 Å². The van der Waals surface area contributed by atoms with E-state index in [1.807, 2.05) is 0 Å². The van der Waals surface area contributed by atoms with Gasteiger partial charge in [0.2, 0.25) is 0 Å². The van der Waals surface area contributed by atoms with E-state index in [0.29, 0.717) is 6.42 Å². The van der Waals surface area contributed by atoms with E-state index in [9.17, 15) is 4.79 Å². The third-order valence-corrected chi connectivity index (χ3v) is 3.24. The van der Waals surface area contributed by atoms with Crippen molar-refractivity contribution in [3.63, 3.8) is 0 Å². The van der Waals surface area contributed by atoms with E-state index in [2.05, 4.69) is 11.2 Å². The molecule has 0 aromatic heterocycles. The Morgan fingerprint density at radius 2 is 1.24 bits per heavy atom. The predicted molar refractivity (Wildman–Crippen MR) is 73.0 cm³/mol. The molecule has 2 nitrogen and oxygen atoms in total. The summed E-state index contributed by atoms with van der Waals surface area (Å²) in [6.07, 6.45) is 14.6. The highest BCUT2D eigenvalue weighted by molar-refractivity contribution is 6.13. The molecular formula is C14H27ClO2. The third-order valence-electron chi connectivity index (χ3n) is 3.07. The summed E-state index contributed by atoms with van der Waals surface area (Å²) >= 11 is 4.94. The van der Waals surface area contributed by atoms with Crippen molar-refractivity contribution in [2.75, 3.05) is 0 Å². The van der Waals surface area contributed by atoms with Gasteiger partial charge in [-0.2, -0.15) is 0 Å². The van der Waals surface area contributed by atoms with E-state index in [-0.39, 0.29) is 5.97 Å². The van der Waals surface area contributed by atoms with Crippen molar-refractivity contribution < 1.29 is 9.08 Å². The highest BCUT2D eigenvalue weighted by Crippen LogP contribution is 2.12. The second-order valence-corrected chi connectivity index (χ2v) is 4.89. The molecule has 0 atom stereocenters. The van der Waals surface area contributed by atoms with Crippen molar-refractivity contribution >= 4 is 17.8 Å². The first kappa shape index (κ1) is 16.8. The Balaban J connectivity index is 2.96. The number of rotatable bonds is 12. The molecule has 0 rings (SSSR count). The van der Waals surface area contributed by atoms with Gasteiger partial charge in [0.25, 0.3) is 0 Å². The molecule has 0 bridgehead atoms. The summed E-state index contributed by atoms with van der Waals surface area (Å²) in [5.41, 5.74) is 0. The Morgan fingerprint density at radius 3 is 1.65 bits per heavy atom. The maximum atomic E-state index is 10.7. The van der Waals surface area contributed by atoms with Crippen molar-refractivity contribution in [2.24, 2.45) is 0 Å². The van der Waals surface area contributed by atoms with Crippen LogP contribution in [0, 0.1) is 0 Å². The first-order valence-electron chi connectivity index (χ1n) is 7.12. The average molecular weight is 263 g/mol. The Bertz CT molecular complexity index is 172. The fraction of sp³-hybridized carbons (Fsp3) is 0.929. The van der Waals surface area contributed by atoms with Crippen LogP contribution in [-0.4, -0.2) is 5.97 Å². The van der Waals surface area contributed by atoms with Crippen LogP contribution in [0.15, 0.2) is 0 Å². The van der Waals surface area contributed by atoms with E-state index >= 15 is 0 Å². The molecule has 0 amide bonds. The molecule has 0 aliphatic heterocycles. The summed E-state index contributed by atoms with van der Waals surface area (Å²) in [4.78, 5) is 10.7. The molecular weight excluding hydrogens is 236 g/mol. The van der Waals surface area contributed by atoms with Crippen molar-refractivity contribution in [1.29, 1.82) is 0 Å². The van der Waals surface area contributed by atoms with Gasteiger partial charge in [-0.05, 0) is 6.42 Å². The SMILES string of the molecule is CCCCCCCCCCCCCC(=O)OCl. The van der Waals surface area contributed by atoms with Crippen LogP contribution in [0.2, 0.25) is 0 Å². The van der Waals surface area contributed by atoms with E-state index in [1.54, 1.807) is 0 Å². The average Bonchev–Trinajstić information content (AvgIpc) is 2.35.